The lowest BCUT2D eigenvalue weighted by atomic mass is 10.1. The summed E-state index contributed by atoms with van der Waals surface area (Å²) < 4.78 is 0. The maximum atomic E-state index is 9.18. The lowest BCUT2D eigenvalue weighted by molar-refractivity contribution is 0.135. The molecule has 0 spiro atoms. The summed E-state index contributed by atoms with van der Waals surface area (Å²) in [5.74, 6) is 0. The van der Waals surface area contributed by atoms with Crippen LogP contribution in [0.25, 0.3) is 0 Å². The van der Waals surface area contributed by atoms with Crippen LogP contribution in [0, 0.1) is 0 Å². The fraction of sp³-hybridized carbons (Fsp3) is 0.800. The van der Waals surface area contributed by atoms with Crippen molar-refractivity contribution in [1.29, 1.82) is 0 Å². The molecule has 0 aromatic carbocycles. The van der Waals surface area contributed by atoms with Gasteiger partial charge < -0.3 is 5.11 Å². The van der Waals surface area contributed by atoms with Gasteiger partial charge >= 0.3 is 0 Å². The Morgan fingerprint density at radius 2 is 2.23 bits per heavy atom. The average Bonchev–Trinajstić information content (AvgIpc) is 2.28. The quantitative estimate of drug-likeness (QED) is 0.759. The first kappa shape index (κ1) is 11.0. The fourth-order valence-corrected chi connectivity index (χ4v) is 2.03. The molecule has 76 valence electrons. The maximum absolute atomic E-state index is 9.18. The first-order valence-corrected chi connectivity index (χ1v) is 5.30. The minimum atomic E-state index is 0.240. The van der Waals surface area contributed by atoms with E-state index in [2.05, 4.69) is 11.5 Å². The third-order valence-electron chi connectivity index (χ3n) is 2.58. The first-order valence-electron chi connectivity index (χ1n) is 4.92. The summed E-state index contributed by atoms with van der Waals surface area (Å²) in [6.45, 7) is 5.68. The van der Waals surface area contributed by atoms with E-state index in [-0.39, 0.29) is 12.6 Å². The molecular weight excluding hydrogens is 186 g/mol. The molecule has 13 heavy (non-hydrogen) atoms. The molecule has 0 saturated carbocycles. The van der Waals surface area contributed by atoms with E-state index in [0.717, 1.165) is 13.0 Å². The molecule has 2 nitrogen and oxygen atoms in total. The van der Waals surface area contributed by atoms with Crippen molar-refractivity contribution in [2.24, 2.45) is 0 Å². The normalized spacial score (nSPS) is 25.5. The molecule has 0 bridgehead atoms. The van der Waals surface area contributed by atoms with Crippen LogP contribution < -0.4 is 0 Å². The zero-order valence-corrected chi connectivity index (χ0v) is 8.76. The molecule has 1 heterocycles. The minimum Gasteiger partial charge on any atom is -0.395 e. The zero-order chi connectivity index (χ0) is 9.68. The van der Waals surface area contributed by atoms with Crippen LogP contribution >= 0.6 is 11.6 Å². The number of halogens is 1. The molecule has 1 N–H and O–H groups in total. The molecule has 1 unspecified atom stereocenters. The summed E-state index contributed by atoms with van der Waals surface area (Å²) in [4.78, 5) is 2.24. The van der Waals surface area contributed by atoms with Crippen molar-refractivity contribution in [1.82, 2.24) is 4.90 Å². The molecule has 1 aliphatic heterocycles. The Morgan fingerprint density at radius 3 is 2.85 bits per heavy atom. The van der Waals surface area contributed by atoms with Gasteiger partial charge in [0.15, 0.2) is 0 Å². The number of likely N-dealkylation sites (tertiary alicyclic amines) is 1. The van der Waals surface area contributed by atoms with E-state index in [1.807, 2.05) is 0 Å². The third kappa shape index (κ3) is 3.67. The van der Waals surface area contributed by atoms with Gasteiger partial charge in [-0.25, -0.2) is 0 Å². The van der Waals surface area contributed by atoms with Crippen molar-refractivity contribution in [3.63, 3.8) is 0 Å². The van der Waals surface area contributed by atoms with Gasteiger partial charge in [-0.05, 0) is 19.4 Å². The summed E-state index contributed by atoms with van der Waals surface area (Å²) in [7, 11) is 0. The van der Waals surface area contributed by atoms with E-state index in [4.69, 9.17) is 11.6 Å². The van der Waals surface area contributed by atoms with Crippen molar-refractivity contribution in [3.8, 4) is 0 Å². The van der Waals surface area contributed by atoms with E-state index in [1.165, 1.54) is 19.3 Å². The standard InChI is InChI=1S/C10H18ClNO/c1-9(11)7-12-6-4-2-3-5-10(12)8-13/h10,13H,1-8H2. The molecule has 1 atom stereocenters. The molecule has 0 amide bonds. The van der Waals surface area contributed by atoms with E-state index < -0.39 is 0 Å². The Hall–Kier alpha value is -0.0500. The van der Waals surface area contributed by atoms with Gasteiger partial charge in [0.05, 0.1) is 6.61 Å². The number of hydrogen-bond acceptors (Lipinski definition) is 2. The van der Waals surface area contributed by atoms with Crippen LogP contribution in [0.15, 0.2) is 11.6 Å². The highest BCUT2D eigenvalue weighted by Crippen LogP contribution is 2.17. The SMILES string of the molecule is C=C(Cl)CN1CCCCCC1CO. The van der Waals surface area contributed by atoms with Crippen LogP contribution in [0.1, 0.15) is 25.7 Å². The highest BCUT2D eigenvalue weighted by atomic mass is 35.5. The Bertz CT molecular complexity index is 172. The predicted molar refractivity (Wildman–Crippen MR) is 55.9 cm³/mol. The maximum Gasteiger partial charge on any atom is 0.0587 e. The van der Waals surface area contributed by atoms with E-state index in [1.54, 1.807) is 0 Å². The monoisotopic (exact) mass is 203 g/mol. The third-order valence-corrected chi connectivity index (χ3v) is 2.70. The summed E-state index contributed by atoms with van der Waals surface area (Å²) in [5.41, 5.74) is 0. The number of aliphatic hydroxyl groups excluding tert-OH is 1. The first-order chi connectivity index (χ1) is 6.24. The van der Waals surface area contributed by atoms with Crippen LogP contribution in [0.4, 0.5) is 0 Å². The topological polar surface area (TPSA) is 23.5 Å². The van der Waals surface area contributed by atoms with Gasteiger partial charge in [-0.15, -0.1) is 0 Å². The summed E-state index contributed by atoms with van der Waals surface area (Å²) in [6, 6.07) is 0.290. The van der Waals surface area contributed by atoms with Gasteiger partial charge in [-0.2, -0.15) is 0 Å². The fourth-order valence-electron chi connectivity index (χ4n) is 1.87. The lowest BCUT2D eigenvalue weighted by Crippen LogP contribution is -2.38. The Kier molecular flexibility index (Phi) is 4.78. The molecule has 1 rings (SSSR count). The Balaban J connectivity index is 2.48. The predicted octanol–water partition coefficient (Wildman–Crippen LogP) is 1.98. The smallest absolute Gasteiger partial charge is 0.0587 e. The van der Waals surface area contributed by atoms with Crippen LogP contribution in [-0.2, 0) is 0 Å². The molecule has 0 aromatic rings. The van der Waals surface area contributed by atoms with Gasteiger partial charge in [-0.3, -0.25) is 4.90 Å². The second-order valence-electron chi connectivity index (χ2n) is 3.67. The van der Waals surface area contributed by atoms with Gasteiger partial charge in [0.2, 0.25) is 0 Å². The zero-order valence-electron chi connectivity index (χ0n) is 8.01. The number of rotatable bonds is 3. The Morgan fingerprint density at radius 1 is 1.46 bits per heavy atom. The molecule has 1 saturated heterocycles. The number of aliphatic hydroxyl groups is 1. The van der Waals surface area contributed by atoms with Gasteiger partial charge in [-0.1, -0.05) is 31.0 Å². The van der Waals surface area contributed by atoms with Gasteiger partial charge in [0, 0.05) is 17.6 Å². The molecule has 3 heteroatoms. The lowest BCUT2D eigenvalue weighted by Gasteiger charge is -2.27. The van der Waals surface area contributed by atoms with Crippen molar-refractivity contribution in [2.45, 2.75) is 31.7 Å². The second kappa shape index (κ2) is 5.63. The molecule has 0 radical (unpaired) electrons. The summed E-state index contributed by atoms with van der Waals surface area (Å²) in [6.07, 6.45) is 4.78. The van der Waals surface area contributed by atoms with Crippen molar-refractivity contribution < 1.29 is 5.11 Å². The minimum absolute atomic E-state index is 0.240. The van der Waals surface area contributed by atoms with Crippen molar-refractivity contribution in [3.05, 3.63) is 11.6 Å². The highest BCUT2D eigenvalue weighted by Gasteiger charge is 2.19. The molecule has 0 aromatic heterocycles. The molecule has 1 fully saturated rings. The highest BCUT2D eigenvalue weighted by molar-refractivity contribution is 6.29. The molecular formula is C10H18ClNO. The van der Waals surface area contributed by atoms with Crippen LogP contribution in [-0.4, -0.2) is 35.7 Å². The summed E-state index contributed by atoms with van der Waals surface area (Å²) in [5, 5.41) is 9.85. The largest absolute Gasteiger partial charge is 0.395 e. The van der Waals surface area contributed by atoms with Gasteiger partial charge in [0.1, 0.15) is 0 Å². The Labute approximate surface area is 85.2 Å². The number of nitrogens with zero attached hydrogens (tertiary/aromatic N) is 1. The average molecular weight is 204 g/mol. The summed E-state index contributed by atoms with van der Waals surface area (Å²) >= 11 is 5.77. The van der Waals surface area contributed by atoms with E-state index in [0.29, 0.717) is 11.6 Å². The van der Waals surface area contributed by atoms with Crippen LogP contribution in [0.5, 0.6) is 0 Å². The molecule has 1 aliphatic rings. The molecule has 0 aliphatic carbocycles. The van der Waals surface area contributed by atoms with E-state index in [9.17, 15) is 5.11 Å². The van der Waals surface area contributed by atoms with Gasteiger partial charge in [0.25, 0.3) is 0 Å². The van der Waals surface area contributed by atoms with Crippen molar-refractivity contribution in [2.75, 3.05) is 19.7 Å². The van der Waals surface area contributed by atoms with Crippen LogP contribution in [0.2, 0.25) is 0 Å². The van der Waals surface area contributed by atoms with Crippen molar-refractivity contribution >= 4 is 11.6 Å². The van der Waals surface area contributed by atoms with Crippen LogP contribution in [0.3, 0.4) is 0 Å². The number of hydrogen-bond donors (Lipinski definition) is 1. The van der Waals surface area contributed by atoms with E-state index >= 15 is 0 Å². The second-order valence-corrected chi connectivity index (χ2v) is 4.21.